The molecule has 0 bridgehead atoms. The minimum absolute atomic E-state index is 0.0403. The largest absolute Gasteiger partial charge is 0.494 e. The number of likely N-dealkylation sites (tertiary alicyclic amines) is 1. The van der Waals surface area contributed by atoms with Crippen molar-refractivity contribution in [3.05, 3.63) is 29.8 Å². The molecule has 0 spiro atoms. The summed E-state index contributed by atoms with van der Waals surface area (Å²) in [6.07, 6.45) is 1.03. The zero-order valence-electron chi connectivity index (χ0n) is 15.7. The van der Waals surface area contributed by atoms with Crippen molar-refractivity contribution in [1.82, 2.24) is 10.2 Å². The van der Waals surface area contributed by atoms with E-state index < -0.39 is 0 Å². The Balaban J connectivity index is 2.27. The molecule has 0 aromatic heterocycles. The Labute approximate surface area is 150 Å². The summed E-state index contributed by atoms with van der Waals surface area (Å²) in [7, 11) is 0. The molecule has 0 unspecified atom stereocenters. The number of piperidine rings is 1. The highest BCUT2D eigenvalue weighted by molar-refractivity contribution is 5.85. The van der Waals surface area contributed by atoms with Gasteiger partial charge in [-0.2, -0.15) is 0 Å². The molecule has 1 heterocycles. The normalized spacial score (nSPS) is 20.7. The van der Waals surface area contributed by atoms with Gasteiger partial charge in [-0.1, -0.05) is 26.0 Å². The van der Waals surface area contributed by atoms with Gasteiger partial charge in [-0.15, -0.1) is 0 Å². The molecule has 1 aliphatic heterocycles. The number of benzene rings is 1. The summed E-state index contributed by atoms with van der Waals surface area (Å²) >= 11 is 0. The second kappa shape index (κ2) is 8.88. The second-order valence-corrected chi connectivity index (χ2v) is 6.91. The number of nitrogens with zero attached hydrogens (tertiary/aromatic N) is 1. The number of nitrogens with one attached hydrogen (secondary N) is 1. The van der Waals surface area contributed by atoms with Gasteiger partial charge in [0.25, 0.3) is 0 Å². The van der Waals surface area contributed by atoms with Crippen molar-refractivity contribution in [3.63, 3.8) is 0 Å². The average Bonchev–Trinajstić information content (AvgIpc) is 2.60. The van der Waals surface area contributed by atoms with Gasteiger partial charge in [0.15, 0.2) is 0 Å². The topological polar surface area (TPSA) is 58.6 Å². The Hall–Kier alpha value is -2.04. The molecule has 0 aliphatic carbocycles. The molecule has 1 aromatic carbocycles. The maximum Gasteiger partial charge on any atom is 0.225 e. The van der Waals surface area contributed by atoms with Gasteiger partial charge in [0.2, 0.25) is 11.8 Å². The van der Waals surface area contributed by atoms with E-state index in [9.17, 15) is 9.59 Å². The SMILES string of the molecule is CCOc1ccc([C@H]2[C@H](C(=O)NCC(C)C)CCC(=O)N2CC)cc1. The van der Waals surface area contributed by atoms with Gasteiger partial charge in [0.05, 0.1) is 18.6 Å². The van der Waals surface area contributed by atoms with Crippen molar-refractivity contribution < 1.29 is 14.3 Å². The molecule has 0 saturated carbocycles. The molecule has 2 amide bonds. The van der Waals surface area contributed by atoms with E-state index in [2.05, 4.69) is 19.2 Å². The lowest BCUT2D eigenvalue weighted by molar-refractivity contribution is -0.143. The first-order chi connectivity index (χ1) is 12.0. The predicted molar refractivity (Wildman–Crippen MR) is 98.3 cm³/mol. The molecule has 0 radical (unpaired) electrons. The Morgan fingerprint density at radius 1 is 1.28 bits per heavy atom. The van der Waals surface area contributed by atoms with E-state index in [0.29, 0.717) is 38.5 Å². The van der Waals surface area contributed by atoms with Gasteiger partial charge in [-0.3, -0.25) is 9.59 Å². The summed E-state index contributed by atoms with van der Waals surface area (Å²) in [6, 6.07) is 7.55. The van der Waals surface area contributed by atoms with Gasteiger partial charge >= 0.3 is 0 Å². The van der Waals surface area contributed by atoms with Gasteiger partial charge in [-0.25, -0.2) is 0 Å². The van der Waals surface area contributed by atoms with Crippen molar-refractivity contribution in [2.45, 2.75) is 46.6 Å². The number of amides is 2. The molecule has 1 fully saturated rings. The van der Waals surface area contributed by atoms with Crippen LogP contribution in [0, 0.1) is 11.8 Å². The Bertz CT molecular complexity index is 583. The minimum Gasteiger partial charge on any atom is -0.494 e. The summed E-state index contributed by atoms with van der Waals surface area (Å²) in [4.78, 5) is 27.0. The third kappa shape index (κ3) is 4.74. The Kier molecular flexibility index (Phi) is 6.85. The smallest absolute Gasteiger partial charge is 0.225 e. The highest BCUT2D eigenvalue weighted by atomic mass is 16.5. The molecular formula is C20H30N2O3. The van der Waals surface area contributed by atoms with E-state index in [1.165, 1.54) is 0 Å². The molecule has 2 atom stereocenters. The summed E-state index contributed by atoms with van der Waals surface area (Å²) in [5.41, 5.74) is 0.989. The number of ether oxygens (including phenoxy) is 1. The molecular weight excluding hydrogens is 316 g/mol. The van der Waals surface area contributed by atoms with Crippen LogP contribution in [0.15, 0.2) is 24.3 Å². The summed E-state index contributed by atoms with van der Waals surface area (Å²) in [5.74, 6) is 1.15. The van der Waals surface area contributed by atoms with E-state index in [4.69, 9.17) is 4.74 Å². The minimum atomic E-state index is -0.214. The zero-order valence-corrected chi connectivity index (χ0v) is 15.7. The molecule has 1 aliphatic rings. The fourth-order valence-electron chi connectivity index (χ4n) is 3.38. The fourth-order valence-corrected chi connectivity index (χ4v) is 3.38. The number of hydrogen-bond donors (Lipinski definition) is 1. The number of carbonyl (C=O) groups is 2. The fraction of sp³-hybridized carbons (Fsp3) is 0.600. The lowest BCUT2D eigenvalue weighted by atomic mass is 9.83. The van der Waals surface area contributed by atoms with Gasteiger partial charge in [0, 0.05) is 19.5 Å². The van der Waals surface area contributed by atoms with Gasteiger partial charge in [0.1, 0.15) is 5.75 Å². The predicted octanol–water partition coefficient (Wildman–Crippen LogP) is 3.16. The first-order valence-electron chi connectivity index (χ1n) is 9.27. The maximum absolute atomic E-state index is 12.8. The average molecular weight is 346 g/mol. The summed E-state index contributed by atoms with van der Waals surface area (Å²) in [5, 5.41) is 3.04. The Morgan fingerprint density at radius 2 is 1.96 bits per heavy atom. The van der Waals surface area contributed by atoms with Crippen molar-refractivity contribution in [2.24, 2.45) is 11.8 Å². The molecule has 5 heteroatoms. The van der Waals surface area contributed by atoms with Gasteiger partial charge < -0.3 is 15.0 Å². The van der Waals surface area contributed by atoms with Crippen LogP contribution < -0.4 is 10.1 Å². The van der Waals surface area contributed by atoms with Crippen molar-refractivity contribution >= 4 is 11.8 Å². The first-order valence-corrected chi connectivity index (χ1v) is 9.27. The quantitative estimate of drug-likeness (QED) is 0.825. The van der Waals surface area contributed by atoms with Crippen molar-refractivity contribution in [2.75, 3.05) is 19.7 Å². The first kappa shape index (κ1) is 19.3. The highest BCUT2D eigenvalue weighted by Gasteiger charge is 2.39. The van der Waals surface area contributed by atoms with Crippen molar-refractivity contribution in [1.29, 1.82) is 0 Å². The third-order valence-electron chi connectivity index (χ3n) is 4.60. The summed E-state index contributed by atoms with van der Waals surface area (Å²) in [6.45, 7) is 9.94. The van der Waals surface area contributed by atoms with E-state index in [-0.39, 0.29) is 23.8 Å². The van der Waals surface area contributed by atoms with Crippen LogP contribution >= 0.6 is 0 Å². The highest BCUT2D eigenvalue weighted by Crippen LogP contribution is 2.37. The van der Waals surface area contributed by atoms with E-state index >= 15 is 0 Å². The second-order valence-electron chi connectivity index (χ2n) is 6.91. The van der Waals surface area contributed by atoms with Crippen LogP contribution in [0.5, 0.6) is 5.75 Å². The van der Waals surface area contributed by atoms with Crippen LogP contribution in [0.1, 0.15) is 52.1 Å². The standard InChI is InChI=1S/C20H30N2O3/c1-5-22-18(23)12-11-17(20(24)21-13-14(3)4)19(22)15-7-9-16(10-8-15)25-6-2/h7-10,14,17,19H,5-6,11-13H2,1-4H3,(H,21,24)/t17-,19+/m1/s1. The van der Waals surface area contributed by atoms with E-state index in [1.807, 2.05) is 43.0 Å². The number of hydrogen-bond acceptors (Lipinski definition) is 3. The van der Waals surface area contributed by atoms with Crippen LogP contribution in [0.3, 0.4) is 0 Å². The number of carbonyl (C=O) groups excluding carboxylic acids is 2. The monoisotopic (exact) mass is 346 g/mol. The van der Waals surface area contributed by atoms with E-state index in [1.54, 1.807) is 0 Å². The lowest BCUT2D eigenvalue weighted by Crippen LogP contribution is -2.48. The molecule has 25 heavy (non-hydrogen) atoms. The van der Waals surface area contributed by atoms with Crippen LogP contribution in [0.2, 0.25) is 0 Å². The molecule has 1 saturated heterocycles. The van der Waals surface area contributed by atoms with Crippen LogP contribution in [0.25, 0.3) is 0 Å². The maximum atomic E-state index is 12.8. The summed E-state index contributed by atoms with van der Waals surface area (Å²) < 4.78 is 5.50. The zero-order chi connectivity index (χ0) is 18.4. The number of rotatable bonds is 7. The van der Waals surface area contributed by atoms with Crippen LogP contribution in [-0.2, 0) is 9.59 Å². The van der Waals surface area contributed by atoms with Crippen LogP contribution in [-0.4, -0.2) is 36.4 Å². The molecule has 5 nitrogen and oxygen atoms in total. The molecule has 138 valence electrons. The molecule has 1 N–H and O–H groups in total. The van der Waals surface area contributed by atoms with Crippen LogP contribution in [0.4, 0.5) is 0 Å². The van der Waals surface area contributed by atoms with Gasteiger partial charge in [-0.05, 0) is 43.9 Å². The van der Waals surface area contributed by atoms with Crippen molar-refractivity contribution in [3.8, 4) is 5.75 Å². The molecule has 2 rings (SSSR count). The lowest BCUT2D eigenvalue weighted by Gasteiger charge is -2.40. The molecule has 1 aromatic rings. The Morgan fingerprint density at radius 3 is 2.52 bits per heavy atom. The van der Waals surface area contributed by atoms with E-state index in [0.717, 1.165) is 11.3 Å². The third-order valence-corrected chi connectivity index (χ3v) is 4.60.